The Balaban J connectivity index is 0.000000581. The van der Waals surface area contributed by atoms with Crippen LogP contribution in [0, 0.1) is 10.8 Å². The molecule has 0 aliphatic heterocycles. The van der Waals surface area contributed by atoms with E-state index in [4.69, 9.17) is 0 Å². The second-order valence-electron chi connectivity index (χ2n) is 6.37. The summed E-state index contributed by atoms with van der Waals surface area (Å²) in [6.45, 7) is 8.88. The topological polar surface area (TPSA) is 0 Å². The molecule has 1 aromatic rings. The van der Waals surface area contributed by atoms with Crippen LogP contribution in [0.3, 0.4) is 0 Å². The highest BCUT2D eigenvalue weighted by molar-refractivity contribution is 5.77. The Bertz CT molecular complexity index is 629. The van der Waals surface area contributed by atoms with Crippen molar-refractivity contribution in [3.8, 4) is 0 Å². The smallest absolute Gasteiger partial charge is 0.0197 e. The third kappa shape index (κ3) is 1.54. The lowest BCUT2D eigenvalue weighted by atomic mass is 9.43. The molecule has 20 heavy (non-hydrogen) atoms. The SMILES string of the molecule is CC.CC12CC=CC3=Cc4ccccc4C=C(C1)C32C. The van der Waals surface area contributed by atoms with E-state index >= 15 is 0 Å². The standard InChI is InChI=1S/C18H18.C2H6/c1-17-9-5-8-15-10-13-6-3-4-7-14(13)11-16(12-17)18(15,17)2;1-2/h3-8,10-11H,9,12H2,1-2H3;1-2H3. The molecule has 0 radical (unpaired) electrons. The average molecular weight is 264 g/mol. The molecule has 0 heteroatoms. The predicted molar refractivity (Wildman–Crippen MR) is 88.3 cm³/mol. The van der Waals surface area contributed by atoms with Crippen LogP contribution in [-0.2, 0) is 0 Å². The van der Waals surface area contributed by atoms with Crippen LogP contribution in [0.2, 0.25) is 0 Å². The normalized spacial score (nSPS) is 32.4. The van der Waals surface area contributed by atoms with Gasteiger partial charge in [0.25, 0.3) is 0 Å². The summed E-state index contributed by atoms with van der Waals surface area (Å²) in [4.78, 5) is 0. The lowest BCUT2D eigenvalue weighted by Crippen LogP contribution is -2.51. The third-order valence-electron chi connectivity index (χ3n) is 5.51. The maximum Gasteiger partial charge on any atom is 0.0197 e. The molecular formula is C20H24. The van der Waals surface area contributed by atoms with Crippen LogP contribution in [-0.4, -0.2) is 0 Å². The van der Waals surface area contributed by atoms with Gasteiger partial charge in [0.1, 0.15) is 0 Å². The second-order valence-corrected chi connectivity index (χ2v) is 6.37. The van der Waals surface area contributed by atoms with Gasteiger partial charge in [0.2, 0.25) is 0 Å². The molecule has 0 heterocycles. The Morgan fingerprint density at radius 3 is 2.30 bits per heavy atom. The molecule has 3 aliphatic rings. The summed E-state index contributed by atoms with van der Waals surface area (Å²) in [5.74, 6) is 0. The van der Waals surface area contributed by atoms with E-state index < -0.39 is 0 Å². The minimum absolute atomic E-state index is 0.265. The number of allylic oxidation sites excluding steroid dienone is 4. The molecule has 0 bridgehead atoms. The number of benzene rings is 1. The van der Waals surface area contributed by atoms with Crippen LogP contribution in [0.4, 0.5) is 0 Å². The van der Waals surface area contributed by atoms with Crippen LogP contribution >= 0.6 is 0 Å². The third-order valence-corrected chi connectivity index (χ3v) is 5.51. The van der Waals surface area contributed by atoms with E-state index in [-0.39, 0.29) is 5.41 Å². The largest absolute Gasteiger partial charge is 0.0836 e. The van der Waals surface area contributed by atoms with Gasteiger partial charge in [0.15, 0.2) is 0 Å². The summed E-state index contributed by atoms with van der Waals surface area (Å²) in [6.07, 6.45) is 12.0. The van der Waals surface area contributed by atoms with Crippen molar-refractivity contribution in [1.82, 2.24) is 0 Å². The molecule has 2 atom stereocenters. The molecule has 0 nitrogen and oxygen atoms in total. The van der Waals surface area contributed by atoms with Gasteiger partial charge in [0.05, 0.1) is 0 Å². The van der Waals surface area contributed by atoms with Gasteiger partial charge < -0.3 is 0 Å². The molecule has 1 fully saturated rings. The Kier molecular flexibility index (Phi) is 3.01. The predicted octanol–water partition coefficient (Wildman–Crippen LogP) is 5.87. The van der Waals surface area contributed by atoms with Crippen molar-refractivity contribution >= 4 is 12.2 Å². The summed E-state index contributed by atoms with van der Waals surface area (Å²) < 4.78 is 0. The number of hydrogen-bond acceptors (Lipinski definition) is 0. The molecule has 4 rings (SSSR count). The molecule has 104 valence electrons. The molecule has 0 aromatic heterocycles. The van der Waals surface area contributed by atoms with Gasteiger partial charge in [-0.2, -0.15) is 0 Å². The minimum atomic E-state index is 0.265. The number of rotatable bonds is 0. The molecule has 2 unspecified atom stereocenters. The Morgan fingerprint density at radius 2 is 1.60 bits per heavy atom. The van der Waals surface area contributed by atoms with E-state index in [2.05, 4.69) is 62.4 Å². The van der Waals surface area contributed by atoms with Crippen molar-refractivity contribution in [3.05, 3.63) is 58.7 Å². The first kappa shape index (κ1) is 13.4. The first-order chi connectivity index (χ1) is 9.63. The maximum atomic E-state index is 2.44. The fourth-order valence-corrected chi connectivity index (χ4v) is 3.99. The zero-order chi connectivity index (χ0) is 14.4. The van der Waals surface area contributed by atoms with E-state index in [1.807, 2.05) is 13.8 Å². The highest BCUT2D eigenvalue weighted by Gasteiger charge is 2.58. The van der Waals surface area contributed by atoms with E-state index in [0.717, 1.165) is 0 Å². The Labute approximate surface area is 122 Å². The minimum Gasteiger partial charge on any atom is -0.0836 e. The Hall–Kier alpha value is -1.56. The lowest BCUT2D eigenvalue weighted by molar-refractivity contribution is 0.0632. The Morgan fingerprint density at radius 1 is 0.950 bits per heavy atom. The van der Waals surface area contributed by atoms with Crippen molar-refractivity contribution in [3.63, 3.8) is 0 Å². The molecule has 0 N–H and O–H groups in total. The second kappa shape index (κ2) is 4.48. The van der Waals surface area contributed by atoms with E-state index in [0.29, 0.717) is 5.41 Å². The molecule has 0 amide bonds. The van der Waals surface area contributed by atoms with Gasteiger partial charge in [-0.05, 0) is 35.0 Å². The molecule has 1 saturated carbocycles. The lowest BCUT2D eigenvalue weighted by Gasteiger charge is -2.60. The summed E-state index contributed by atoms with van der Waals surface area (Å²) >= 11 is 0. The van der Waals surface area contributed by atoms with Crippen molar-refractivity contribution < 1.29 is 0 Å². The van der Waals surface area contributed by atoms with Gasteiger partial charge in [-0.1, -0.05) is 81.8 Å². The highest BCUT2D eigenvalue weighted by atomic mass is 14.6. The van der Waals surface area contributed by atoms with E-state index in [1.165, 1.54) is 29.5 Å². The van der Waals surface area contributed by atoms with Crippen LogP contribution < -0.4 is 0 Å². The van der Waals surface area contributed by atoms with Crippen molar-refractivity contribution in [2.45, 2.75) is 40.5 Å². The molecule has 1 aromatic carbocycles. The summed E-state index contributed by atoms with van der Waals surface area (Å²) in [5, 5.41) is 0. The van der Waals surface area contributed by atoms with Crippen LogP contribution in [0.5, 0.6) is 0 Å². The van der Waals surface area contributed by atoms with E-state index in [1.54, 1.807) is 5.57 Å². The van der Waals surface area contributed by atoms with Gasteiger partial charge in [-0.25, -0.2) is 0 Å². The van der Waals surface area contributed by atoms with Gasteiger partial charge >= 0.3 is 0 Å². The zero-order valence-electron chi connectivity index (χ0n) is 13.0. The fourth-order valence-electron chi connectivity index (χ4n) is 3.99. The quantitative estimate of drug-likeness (QED) is 0.549. The highest BCUT2D eigenvalue weighted by Crippen LogP contribution is 2.68. The van der Waals surface area contributed by atoms with Crippen LogP contribution in [0.1, 0.15) is 51.7 Å². The molecule has 0 spiro atoms. The van der Waals surface area contributed by atoms with Gasteiger partial charge in [-0.15, -0.1) is 0 Å². The van der Waals surface area contributed by atoms with Crippen molar-refractivity contribution in [1.29, 1.82) is 0 Å². The monoisotopic (exact) mass is 264 g/mol. The number of hydrogen-bond donors (Lipinski definition) is 0. The maximum absolute atomic E-state index is 2.44. The van der Waals surface area contributed by atoms with Crippen molar-refractivity contribution in [2.24, 2.45) is 10.8 Å². The van der Waals surface area contributed by atoms with Crippen LogP contribution in [0.15, 0.2) is 47.6 Å². The summed E-state index contributed by atoms with van der Waals surface area (Å²) in [6, 6.07) is 8.74. The van der Waals surface area contributed by atoms with Crippen LogP contribution in [0.25, 0.3) is 12.2 Å². The first-order valence-corrected chi connectivity index (χ1v) is 7.82. The first-order valence-electron chi connectivity index (χ1n) is 7.82. The average Bonchev–Trinajstić information content (AvgIpc) is 2.59. The number of fused-ring (bicyclic) bond motifs is 1. The zero-order valence-corrected chi connectivity index (χ0v) is 13.0. The summed E-state index contributed by atoms with van der Waals surface area (Å²) in [5.41, 5.74) is 6.56. The van der Waals surface area contributed by atoms with Gasteiger partial charge in [-0.3, -0.25) is 0 Å². The summed E-state index contributed by atoms with van der Waals surface area (Å²) in [7, 11) is 0. The molecule has 3 aliphatic carbocycles. The van der Waals surface area contributed by atoms with E-state index in [9.17, 15) is 0 Å². The van der Waals surface area contributed by atoms with Crippen molar-refractivity contribution in [2.75, 3.05) is 0 Å². The fraction of sp³-hybridized carbons (Fsp3) is 0.400. The molecular weight excluding hydrogens is 240 g/mol. The van der Waals surface area contributed by atoms with Gasteiger partial charge in [0, 0.05) is 5.41 Å². The molecule has 0 saturated heterocycles.